The highest BCUT2D eigenvalue weighted by Crippen LogP contribution is 2.36. The average molecular weight is 289 g/mol. The van der Waals surface area contributed by atoms with Gasteiger partial charge >= 0.3 is 0 Å². The fraction of sp³-hybridized carbons (Fsp3) is 0.294. The zero-order chi connectivity index (χ0) is 15.2. The molecule has 1 heterocycles. The summed E-state index contributed by atoms with van der Waals surface area (Å²) in [5, 5.41) is 0. The summed E-state index contributed by atoms with van der Waals surface area (Å²) in [5.41, 5.74) is 8.04. The number of hydrogen-bond donors (Lipinski definition) is 1. The monoisotopic (exact) mass is 289 g/mol. The molecule has 2 N–H and O–H groups in total. The molecule has 3 rings (SSSR count). The van der Waals surface area contributed by atoms with E-state index in [2.05, 4.69) is 0 Å². The molecule has 0 aromatic heterocycles. The molecular formula is C17H17F2NO. The van der Waals surface area contributed by atoms with Crippen LogP contribution in [0.5, 0.6) is 5.75 Å². The van der Waals surface area contributed by atoms with Gasteiger partial charge < -0.3 is 10.5 Å². The van der Waals surface area contributed by atoms with Crippen molar-refractivity contribution < 1.29 is 13.5 Å². The van der Waals surface area contributed by atoms with Crippen molar-refractivity contribution >= 4 is 0 Å². The Balaban J connectivity index is 1.95. The maximum Gasteiger partial charge on any atom is 0.131 e. The molecule has 0 aliphatic carbocycles. The molecule has 0 fully saturated rings. The molecule has 2 aromatic carbocycles. The molecule has 0 bridgehead atoms. The first-order valence-electron chi connectivity index (χ1n) is 6.88. The van der Waals surface area contributed by atoms with E-state index in [0.29, 0.717) is 0 Å². The number of nitrogens with two attached hydrogens (primary N) is 1. The lowest BCUT2D eigenvalue weighted by molar-refractivity contribution is 0.138. The molecule has 1 aliphatic rings. The van der Waals surface area contributed by atoms with E-state index in [1.807, 2.05) is 32.0 Å². The predicted molar refractivity (Wildman–Crippen MR) is 77.2 cm³/mol. The fourth-order valence-electron chi connectivity index (χ4n) is 2.76. The Morgan fingerprint density at radius 1 is 1.14 bits per heavy atom. The molecule has 2 aromatic rings. The normalized spacial score (nSPS) is 17.2. The van der Waals surface area contributed by atoms with Crippen molar-refractivity contribution in [2.75, 3.05) is 0 Å². The zero-order valence-corrected chi connectivity index (χ0v) is 12.0. The van der Waals surface area contributed by atoms with E-state index >= 15 is 0 Å². The molecule has 0 amide bonds. The van der Waals surface area contributed by atoms with E-state index < -0.39 is 17.7 Å². The lowest BCUT2D eigenvalue weighted by Crippen LogP contribution is -2.24. The second kappa shape index (κ2) is 4.81. The molecule has 0 spiro atoms. The Labute approximate surface area is 122 Å². The molecule has 2 nitrogen and oxygen atoms in total. The Bertz CT molecular complexity index is 697. The Kier molecular flexibility index (Phi) is 3.21. The van der Waals surface area contributed by atoms with Crippen molar-refractivity contribution in [2.24, 2.45) is 5.73 Å². The average Bonchev–Trinajstić information content (AvgIpc) is 2.70. The SMILES string of the molecule is CC1(C)Cc2cc(C(N)c3ccc(F)cc3F)ccc2O1. The summed E-state index contributed by atoms with van der Waals surface area (Å²) in [6, 6.07) is 8.47. The summed E-state index contributed by atoms with van der Waals surface area (Å²) in [4.78, 5) is 0. The molecule has 0 radical (unpaired) electrons. The van der Waals surface area contributed by atoms with Gasteiger partial charge in [0.2, 0.25) is 0 Å². The van der Waals surface area contributed by atoms with Crippen LogP contribution in [-0.4, -0.2) is 5.60 Å². The van der Waals surface area contributed by atoms with Crippen LogP contribution < -0.4 is 10.5 Å². The van der Waals surface area contributed by atoms with Gasteiger partial charge in [0, 0.05) is 18.1 Å². The molecular weight excluding hydrogens is 272 g/mol. The maximum absolute atomic E-state index is 13.8. The van der Waals surface area contributed by atoms with Crippen LogP contribution in [0, 0.1) is 11.6 Å². The van der Waals surface area contributed by atoms with Crippen LogP contribution in [0.2, 0.25) is 0 Å². The van der Waals surface area contributed by atoms with Crippen LogP contribution >= 0.6 is 0 Å². The summed E-state index contributed by atoms with van der Waals surface area (Å²) < 4.78 is 32.6. The molecule has 4 heteroatoms. The zero-order valence-electron chi connectivity index (χ0n) is 12.0. The topological polar surface area (TPSA) is 35.2 Å². The lowest BCUT2D eigenvalue weighted by atomic mass is 9.95. The van der Waals surface area contributed by atoms with Crippen molar-refractivity contribution in [1.82, 2.24) is 0 Å². The molecule has 110 valence electrons. The van der Waals surface area contributed by atoms with Crippen molar-refractivity contribution in [1.29, 1.82) is 0 Å². The first-order chi connectivity index (χ1) is 9.85. The largest absolute Gasteiger partial charge is 0.487 e. The smallest absolute Gasteiger partial charge is 0.131 e. The number of fused-ring (bicyclic) bond motifs is 1. The number of hydrogen-bond acceptors (Lipinski definition) is 2. The maximum atomic E-state index is 13.8. The standard InChI is InChI=1S/C17H17F2NO/c1-17(2)9-11-7-10(3-6-15(11)21-17)16(20)13-5-4-12(18)8-14(13)19/h3-8,16H,9,20H2,1-2H3. The van der Waals surface area contributed by atoms with E-state index in [1.54, 1.807) is 0 Å². The first-order valence-corrected chi connectivity index (χ1v) is 6.88. The quantitative estimate of drug-likeness (QED) is 0.914. The molecule has 21 heavy (non-hydrogen) atoms. The van der Waals surface area contributed by atoms with Gasteiger partial charge in [0.25, 0.3) is 0 Å². The summed E-state index contributed by atoms with van der Waals surface area (Å²) in [7, 11) is 0. The van der Waals surface area contributed by atoms with E-state index in [9.17, 15) is 8.78 Å². The van der Waals surface area contributed by atoms with Gasteiger partial charge in [-0.3, -0.25) is 0 Å². The van der Waals surface area contributed by atoms with Crippen LogP contribution in [0.3, 0.4) is 0 Å². The minimum atomic E-state index is -0.625. The highest BCUT2D eigenvalue weighted by Gasteiger charge is 2.30. The van der Waals surface area contributed by atoms with Crippen molar-refractivity contribution in [3.05, 3.63) is 64.7 Å². The summed E-state index contributed by atoms with van der Waals surface area (Å²) >= 11 is 0. The Morgan fingerprint density at radius 2 is 1.90 bits per heavy atom. The van der Waals surface area contributed by atoms with Gasteiger partial charge in [-0.2, -0.15) is 0 Å². The van der Waals surface area contributed by atoms with Gasteiger partial charge in [-0.25, -0.2) is 8.78 Å². The van der Waals surface area contributed by atoms with Gasteiger partial charge in [-0.05, 0) is 37.1 Å². The van der Waals surface area contributed by atoms with Gasteiger partial charge in [0.1, 0.15) is 23.0 Å². The number of ether oxygens (including phenoxy) is 1. The van der Waals surface area contributed by atoms with Crippen LogP contribution in [0.1, 0.15) is 36.6 Å². The second-order valence-corrected chi connectivity index (χ2v) is 6.05. The van der Waals surface area contributed by atoms with Gasteiger partial charge in [0.05, 0.1) is 6.04 Å². The van der Waals surface area contributed by atoms with Gasteiger partial charge in [0.15, 0.2) is 0 Å². The van der Waals surface area contributed by atoms with E-state index in [4.69, 9.17) is 10.5 Å². The summed E-state index contributed by atoms with van der Waals surface area (Å²) in [6.45, 7) is 4.04. The Morgan fingerprint density at radius 3 is 2.62 bits per heavy atom. The second-order valence-electron chi connectivity index (χ2n) is 6.05. The lowest BCUT2D eigenvalue weighted by Gasteiger charge is -2.16. The van der Waals surface area contributed by atoms with E-state index in [-0.39, 0.29) is 11.2 Å². The molecule has 1 unspecified atom stereocenters. The highest BCUT2D eigenvalue weighted by atomic mass is 19.1. The third-order valence-electron chi connectivity index (χ3n) is 3.74. The van der Waals surface area contributed by atoms with Gasteiger partial charge in [-0.1, -0.05) is 18.2 Å². The van der Waals surface area contributed by atoms with Crippen molar-refractivity contribution in [3.63, 3.8) is 0 Å². The van der Waals surface area contributed by atoms with Crippen LogP contribution in [0.4, 0.5) is 8.78 Å². The third-order valence-corrected chi connectivity index (χ3v) is 3.74. The third kappa shape index (κ3) is 2.63. The minimum Gasteiger partial charge on any atom is -0.487 e. The van der Waals surface area contributed by atoms with Crippen LogP contribution in [0.25, 0.3) is 0 Å². The highest BCUT2D eigenvalue weighted by molar-refractivity contribution is 5.44. The molecule has 0 saturated carbocycles. The first kappa shape index (κ1) is 14.0. The minimum absolute atomic E-state index is 0.230. The number of benzene rings is 2. The number of halogens is 2. The summed E-state index contributed by atoms with van der Waals surface area (Å²) in [6.07, 6.45) is 0.787. The molecule has 1 aliphatic heterocycles. The fourth-order valence-corrected chi connectivity index (χ4v) is 2.76. The van der Waals surface area contributed by atoms with E-state index in [1.165, 1.54) is 12.1 Å². The molecule has 0 saturated heterocycles. The van der Waals surface area contributed by atoms with Crippen molar-refractivity contribution in [2.45, 2.75) is 31.9 Å². The van der Waals surface area contributed by atoms with E-state index in [0.717, 1.165) is 29.4 Å². The summed E-state index contributed by atoms with van der Waals surface area (Å²) in [5.74, 6) is -0.386. The van der Waals surface area contributed by atoms with Gasteiger partial charge in [-0.15, -0.1) is 0 Å². The predicted octanol–water partition coefficient (Wildman–Crippen LogP) is 3.73. The van der Waals surface area contributed by atoms with Crippen molar-refractivity contribution in [3.8, 4) is 5.75 Å². The van der Waals surface area contributed by atoms with Crippen LogP contribution in [-0.2, 0) is 6.42 Å². The van der Waals surface area contributed by atoms with Crippen LogP contribution in [0.15, 0.2) is 36.4 Å². The Hall–Kier alpha value is -1.94. The molecule has 1 atom stereocenters. The number of rotatable bonds is 2.